The number of amides is 2. The van der Waals surface area contributed by atoms with E-state index >= 15 is 0 Å². The summed E-state index contributed by atoms with van der Waals surface area (Å²) in [6, 6.07) is 5.80. The van der Waals surface area contributed by atoms with Crippen LogP contribution in [0.3, 0.4) is 0 Å². The molecule has 0 spiro atoms. The maximum absolute atomic E-state index is 13.3. The third-order valence-electron chi connectivity index (χ3n) is 5.00. The first-order valence-electron chi connectivity index (χ1n) is 10.3. The van der Waals surface area contributed by atoms with Crippen molar-refractivity contribution in [2.45, 2.75) is 58.7 Å². The fourth-order valence-corrected chi connectivity index (χ4v) is 4.43. The van der Waals surface area contributed by atoms with Gasteiger partial charge in [0.25, 0.3) is 0 Å². The van der Waals surface area contributed by atoms with Crippen molar-refractivity contribution in [3.05, 3.63) is 44.6 Å². The van der Waals surface area contributed by atoms with Crippen molar-refractivity contribution in [1.29, 1.82) is 0 Å². The number of aryl methyl sites for hydroxylation is 1. The molecule has 0 radical (unpaired) electrons. The summed E-state index contributed by atoms with van der Waals surface area (Å²) in [5.41, 5.74) is 0.775. The first-order valence-corrected chi connectivity index (χ1v) is 11.1. The Morgan fingerprint density at radius 2 is 1.81 bits per heavy atom. The van der Waals surface area contributed by atoms with Crippen LogP contribution in [0.5, 0.6) is 0 Å². The number of carbonyl (C=O) groups excluding carboxylic acids is 2. The van der Waals surface area contributed by atoms with Gasteiger partial charge in [0.2, 0.25) is 5.91 Å². The third-order valence-corrected chi connectivity index (χ3v) is 5.89. The molecule has 31 heavy (non-hydrogen) atoms. The standard InChI is InChI=1S/C22H28FN3O4S/c1-14-19(15-5-7-16(23)8-6-15)26(21(29)31-14)13-18(27)24-17-9-11-25(12-10-17)20(28)30-22(2,3)4/h5-8,17H,9-13H2,1-4H3,(H,24,27). The van der Waals surface area contributed by atoms with Gasteiger partial charge in [-0.25, -0.2) is 9.18 Å². The Morgan fingerprint density at radius 1 is 1.19 bits per heavy atom. The summed E-state index contributed by atoms with van der Waals surface area (Å²) >= 11 is 1.07. The van der Waals surface area contributed by atoms with Crippen LogP contribution in [-0.2, 0) is 16.1 Å². The van der Waals surface area contributed by atoms with Crippen LogP contribution in [0.1, 0.15) is 38.5 Å². The summed E-state index contributed by atoms with van der Waals surface area (Å²) in [6.07, 6.45) is 0.891. The van der Waals surface area contributed by atoms with Crippen LogP contribution in [0, 0.1) is 12.7 Å². The maximum atomic E-state index is 13.3. The van der Waals surface area contributed by atoms with Gasteiger partial charge in [0.15, 0.2) is 0 Å². The van der Waals surface area contributed by atoms with Crippen LogP contribution in [-0.4, -0.2) is 46.2 Å². The molecule has 1 aliphatic heterocycles. The van der Waals surface area contributed by atoms with E-state index < -0.39 is 5.60 Å². The number of nitrogens with zero attached hydrogens (tertiary/aromatic N) is 2. The smallest absolute Gasteiger partial charge is 0.410 e. The monoisotopic (exact) mass is 449 g/mol. The molecular weight excluding hydrogens is 421 g/mol. The number of carbonyl (C=O) groups is 2. The highest BCUT2D eigenvalue weighted by Crippen LogP contribution is 2.25. The molecule has 3 rings (SSSR count). The normalized spacial score (nSPS) is 15.1. The van der Waals surface area contributed by atoms with Crippen molar-refractivity contribution in [2.24, 2.45) is 0 Å². The fourth-order valence-electron chi connectivity index (χ4n) is 3.58. The average molecular weight is 450 g/mol. The van der Waals surface area contributed by atoms with Gasteiger partial charge in [-0.15, -0.1) is 0 Å². The molecule has 0 atom stereocenters. The maximum Gasteiger partial charge on any atom is 0.410 e. The van der Waals surface area contributed by atoms with Crippen LogP contribution in [0.2, 0.25) is 0 Å². The van der Waals surface area contributed by atoms with E-state index in [1.165, 1.54) is 16.7 Å². The molecule has 9 heteroatoms. The van der Waals surface area contributed by atoms with E-state index in [1.54, 1.807) is 17.0 Å². The van der Waals surface area contributed by atoms with Crippen LogP contribution < -0.4 is 10.2 Å². The molecule has 2 aromatic rings. The molecule has 2 amide bonds. The third kappa shape index (κ3) is 5.94. The number of thiazole rings is 1. The van der Waals surface area contributed by atoms with Gasteiger partial charge in [-0.2, -0.15) is 0 Å². The van der Waals surface area contributed by atoms with Gasteiger partial charge in [-0.3, -0.25) is 14.2 Å². The first-order chi connectivity index (χ1) is 14.5. The second-order valence-electron chi connectivity index (χ2n) is 8.67. The zero-order chi connectivity index (χ0) is 22.8. The number of hydrogen-bond donors (Lipinski definition) is 1. The number of nitrogens with one attached hydrogen (secondary N) is 1. The van der Waals surface area contributed by atoms with E-state index in [9.17, 15) is 18.8 Å². The number of ether oxygens (including phenoxy) is 1. The minimum atomic E-state index is -0.545. The van der Waals surface area contributed by atoms with Crippen LogP contribution >= 0.6 is 11.3 Å². The summed E-state index contributed by atoms with van der Waals surface area (Å²) in [5.74, 6) is -0.625. The highest BCUT2D eigenvalue weighted by molar-refractivity contribution is 7.09. The van der Waals surface area contributed by atoms with E-state index in [-0.39, 0.29) is 35.3 Å². The number of likely N-dealkylation sites (tertiary alicyclic amines) is 1. The molecule has 1 N–H and O–H groups in total. The Morgan fingerprint density at radius 3 is 2.39 bits per heavy atom. The van der Waals surface area contributed by atoms with Gasteiger partial charge >= 0.3 is 11.0 Å². The lowest BCUT2D eigenvalue weighted by molar-refractivity contribution is -0.122. The first kappa shape index (κ1) is 23.0. The number of benzene rings is 1. The highest BCUT2D eigenvalue weighted by Gasteiger charge is 2.28. The molecule has 0 bridgehead atoms. The lowest BCUT2D eigenvalue weighted by Gasteiger charge is -2.33. The molecule has 7 nitrogen and oxygen atoms in total. The SMILES string of the molecule is Cc1sc(=O)n(CC(=O)NC2CCN(C(=O)OC(C)(C)C)CC2)c1-c1ccc(F)cc1. The Hall–Kier alpha value is -2.68. The van der Waals surface area contributed by atoms with Crippen molar-refractivity contribution in [3.63, 3.8) is 0 Å². The van der Waals surface area contributed by atoms with Crippen LogP contribution in [0.4, 0.5) is 9.18 Å². The Bertz CT molecular complexity index is 999. The minimum Gasteiger partial charge on any atom is -0.444 e. The molecule has 0 saturated carbocycles. The summed E-state index contributed by atoms with van der Waals surface area (Å²) in [5, 5.41) is 2.97. The van der Waals surface area contributed by atoms with Crippen molar-refractivity contribution in [3.8, 4) is 11.3 Å². The number of halogens is 1. The lowest BCUT2D eigenvalue weighted by atomic mass is 10.1. The molecule has 1 fully saturated rings. The zero-order valence-corrected chi connectivity index (χ0v) is 19.1. The van der Waals surface area contributed by atoms with Crippen LogP contribution in [0.15, 0.2) is 29.1 Å². The highest BCUT2D eigenvalue weighted by atomic mass is 32.1. The van der Waals surface area contributed by atoms with E-state index in [2.05, 4.69) is 5.32 Å². The molecule has 0 aliphatic carbocycles. The summed E-state index contributed by atoms with van der Waals surface area (Å²) in [4.78, 5) is 39.4. The molecule has 1 aromatic carbocycles. The minimum absolute atomic E-state index is 0.0732. The van der Waals surface area contributed by atoms with Crippen molar-refractivity contribution < 1.29 is 18.7 Å². The molecule has 168 valence electrons. The quantitative estimate of drug-likeness (QED) is 0.774. The summed E-state index contributed by atoms with van der Waals surface area (Å²) < 4.78 is 20.1. The van der Waals surface area contributed by atoms with Gasteiger partial charge < -0.3 is 15.0 Å². The topological polar surface area (TPSA) is 80.6 Å². The van der Waals surface area contributed by atoms with E-state index in [1.807, 2.05) is 27.7 Å². The largest absolute Gasteiger partial charge is 0.444 e. The second-order valence-corrected chi connectivity index (χ2v) is 9.84. The summed E-state index contributed by atoms with van der Waals surface area (Å²) in [7, 11) is 0. The summed E-state index contributed by atoms with van der Waals surface area (Å²) in [6.45, 7) is 8.18. The van der Waals surface area contributed by atoms with Crippen molar-refractivity contribution in [1.82, 2.24) is 14.8 Å². The van der Waals surface area contributed by atoms with Gasteiger partial charge in [-0.05, 0) is 70.4 Å². The van der Waals surface area contributed by atoms with Gasteiger partial charge in [-0.1, -0.05) is 11.3 Å². The van der Waals surface area contributed by atoms with Gasteiger partial charge in [0.05, 0.1) is 5.69 Å². The average Bonchev–Trinajstić information content (AvgIpc) is 2.95. The molecule has 1 aliphatic rings. The lowest BCUT2D eigenvalue weighted by Crippen LogP contribution is -2.48. The predicted molar refractivity (Wildman–Crippen MR) is 118 cm³/mol. The number of rotatable bonds is 4. The van der Waals surface area contributed by atoms with Gasteiger partial charge in [0.1, 0.15) is 18.0 Å². The van der Waals surface area contributed by atoms with Crippen LogP contribution in [0.25, 0.3) is 11.3 Å². The number of piperidine rings is 1. The van der Waals surface area contributed by atoms with Crippen molar-refractivity contribution >= 4 is 23.3 Å². The van der Waals surface area contributed by atoms with Gasteiger partial charge in [0, 0.05) is 24.0 Å². The molecular formula is C22H28FN3O4S. The van der Waals surface area contributed by atoms with E-state index in [4.69, 9.17) is 4.74 Å². The predicted octanol–water partition coefficient (Wildman–Crippen LogP) is 3.54. The molecule has 1 aromatic heterocycles. The Labute approximate surface area is 184 Å². The zero-order valence-electron chi connectivity index (χ0n) is 18.2. The van der Waals surface area contributed by atoms with Crippen molar-refractivity contribution in [2.75, 3.05) is 13.1 Å². The number of aromatic nitrogens is 1. The Balaban J connectivity index is 1.61. The van der Waals surface area contributed by atoms with E-state index in [0.717, 1.165) is 16.2 Å². The molecule has 2 heterocycles. The molecule has 0 unspecified atom stereocenters. The molecule has 1 saturated heterocycles. The number of hydrogen-bond acceptors (Lipinski definition) is 5. The van der Waals surface area contributed by atoms with E-state index in [0.29, 0.717) is 37.2 Å². The Kier molecular flexibility index (Phi) is 6.83. The second kappa shape index (κ2) is 9.21. The fraction of sp³-hybridized carbons (Fsp3) is 0.500.